The summed E-state index contributed by atoms with van der Waals surface area (Å²) in [5.74, 6) is 1.25. The Morgan fingerprint density at radius 1 is 1.45 bits per heavy atom. The van der Waals surface area contributed by atoms with Crippen molar-refractivity contribution in [2.45, 2.75) is 25.4 Å². The van der Waals surface area contributed by atoms with Gasteiger partial charge in [0.2, 0.25) is 0 Å². The third-order valence-corrected chi connectivity index (χ3v) is 4.32. The first kappa shape index (κ1) is 15.5. The number of hydrogen-bond acceptors (Lipinski definition) is 4. The van der Waals surface area contributed by atoms with Crippen LogP contribution in [0.3, 0.4) is 0 Å². The molecule has 1 amide bonds. The van der Waals surface area contributed by atoms with E-state index in [0.717, 1.165) is 22.2 Å². The van der Waals surface area contributed by atoms with E-state index in [9.17, 15) is 4.79 Å². The molecule has 1 aliphatic carbocycles. The van der Waals surface area contributed by atoms with Crippen molar-refractivity contribution in [2.24, 2.45) is 0 Å². The highest BCUT2D eigenvalue weighted by Crippen LogP contribution is 2.35. The van der Waals surface area contributed by atoms with Crippen LogP contribution in [-0.4, -0.2) is 27.3 Å². The van der Waals surface area contributed by atoms with Crippen LogP contribution in [0.4, 0.5) is 0 Å². The second-order valence-corrected chi connectivity index (χ2v) is 6.70. The molecule has 22 heavy (non-hydrogen) atoms. The number of amides is 1. The van der Waals surface area contributed by atoms with Gasteiger partial charge in [0.25, 0.3) is 5.91 Å². The van der Waals surface area contributed by atoms with E-state index in [1.54, 1.807) is 0 Å². The lowest BCUT2D eigenvalue weighted by Gasteiger charge is -2.08. The molecule has 0 radical (unpaired) electrons. The van der Waals surface area contributed by atoms with E-state index in [4.69, 9.17) is 17.0 Å². The molecule has 0 aliphatic heterocycles. The summed E-state index contributed by atoms with van der Waals surface area (Å²) < 4.78 is 9.15. The van der Waals surface area contributed by atoms with Gasteiger partial charge in [-0.05, 0) is 71.9 Å². The fourth-order valence-electron chi connectivity index (χ4n) is 2.08. The van der Waals surface area contributed by atoms with Crippen LogP contribution < -0.4 is 10.1 Å². The molecular weight excluding hydrogens is 415 g/mol. The maximum absolute atomic E-state index is 11.8. The Labute approximate surface area is 146 Å². The zero-order chi connectivity index (χ0) is 15.5. The van der Waals surface area contributed by atoms with Crippen molar-refractivity contribution in [3.05, 3.63) is 38.4 Å². The van der Waals surface area contributed by atoms with E-state index in [2.05, 4.69) is 38.1 Å². The van der Waals surface area contributed by atoms with Crippen LogP contribution in [0.2, 0.25) is 0 Å². The number of H-pyrrole nitrogens is 1. The molecule has 1 saturated carbocycles. The van der Waals surface area contributed by atoms with E-state index in [-0.39, 0.29) is 12.5 Å². The van der Waals surface area contributed by atoms with Crippen LogP contribution in [0.25, 0.3) is 0 Å². The van der Waals surface area contributed by atoms with Gasteiger partial charge in [0.15, 0.2) is 17.2 Å². The molecule has 6 nitrogen and oxygen atoms in total. The van der Waals surface area contributed by atoms with E-state index in [1.165, 1.54) is 0 Å². The molecule has 0 spiro atoms. The van der Waals surface area contributed by atoms with Crippen molar-refractivity contribution in [2.75, 3.05) is 6.61 Å². The number of aromatic nitrogens is 3. The number of nitrogens with zero attached hydrogens (tertiary/aromatic N) is 2. The van der Waals surface area contributed by atoms with E-state index >= 15 is 0 Å². The Balaban J connectivity index is 1.50. The zero-order valence-electron chi connectivity index (χ0n) is 11.7. The fourth-order valence-corrected chi connectivity index (χ4v) is 2.74. The van der Waals surface area contributed by atoms with Gasteiger partial charge in [0.1, 0.15) is 5.75 Å². The molecular formula is C14H15IN4O2S. The van der Waals surface area contributed by atoms with Crippen LogP contribution in [0, 0.1) is 8.34 Å². The first-order chi connectivity index (χ1) is 10.6. The van der Waals surface area contributed by atoms with Gasteiger partial charge >= 0.3 is 0 Å². The minimum Gasteiger partial charge on any atom is -0.484 e. The van der Waals surface area contributed by atoms with Crippen LogP contribution in [0.15, 0.2) is 24.3 Å². The van der Waals surface area contributed by atoms with Gasteiger partial charge in [-0.3, -0.25) is 14.5 Å². The maximum atomic E-state index is 11.8. The lowest BCUT2D eigenvalue weighted by molar-refractivity contribution is -0.123. The van der Waals surface area contributed by atoms with Crippen molar-refractivity contribution < 1.29 is 9.53 Å². The third kappa shape index (κ3) is 3.86. The number of carbonyl (C=O) groups is 1. The van der Waals surface area contributed by atoms with Gasteiger partial charge in [-0.25, -0.2) is 0 Å². The maximum Gasteiger partial charge on any atom is 0.258 e. The van der Waals surface area contributed by atoms with Crippen LogP contribution in [-0.2, 0) is 11.3 Å². The molecule has 0 unspecified atom stereocenters. The minimum atomic E-state index is -0.185. The van der Waals surface area contributed by atoms with Crippen molar-refractivity contribution >= 4 is 40.7 Å². The highest BCUT2D eigenvalue weighted by molar-refractivity contribution is 14.1. The van der Waals surface area contributed by atoms with E-state index < -0.39 is 0 Å². The average Bonchev–Trinajstić information content (AvgIpc) is 3.28. The Hall–Kier alpha value is -1.42. The van der Waals surface area contributed by atoms with Crippen LogP contribution in [0.1, 0.15) is 24.7 Å². The van der Waals surface area contributed by atoms with Gasteiger partial charge in [0, 0.05) is 9.61 Å². The minimum absolute atomic E-state index is 0.0187. The second kappa shape index (κ2) is 6.78. The number of aromatic amines is 1. The van der Waals surface area contributed by atoms with Gasteiger partial charge in [-0.15, -0.1) is 0 Å². The molecule has 1 heterocycles. The second-order valence-electron chi connectivity index (χ2n) is 5.07. The summed E-state index contributed by atoms with van der Waals surface area (Å²) in [6, 6.07) is 7.98. The summed E-state index contributed by atoms with van der Waals surface area (Å²) in [5, 5.41) is 9.75. The number of halogens is 1. The van der Waals surface area contributed by atoms with Crippen LogP contribution in [0.5, 0.6) is 5.75 Å². The predicted molar refractivity (Wildman–Crippen MR) is 92.2 cm³/mol. The molecule has 116 valence electrons. The van der Waals surface area contributed by atoms with Crippen molar-refractivity contribution in [3.63, 3.8) is 0 Å². The third-order valence-electron chi connectivity index (χ3n) is 3.32. The SMILES string of the molecule is O=C(COc1ccc(I)cc1)NCc1n[nH]c(=S)n1C1CC1. The fraction of sp³-hybridized carbons (Fsp3) is 0.357. The highest BCUT2D eigenvalue weighted by Gasteiger charge is 2.27. The average molecular weight is 430 g/mol. The Morgan fingerprint density at radius 3 is 2.86 bits per heavy atom. The molecule has 1 fully saturated rings. The van der Waals surface area contributed by atoms with Crippen molar-refractivity contribution in [1.29, 1.82) is 0 Å². The quantitative estimate of drug-likeness (QED) is 0.546. The topological polar surface area (TPSA) is 71.9 Å². The van der Waals surface area contributed by atoms with E-state index in [1.807, 2.05) is 28.8 Å². The van der Waals surface area contributed by atoms with Gasteiger partial charge in [-0.1, -0.05) is 0 Å². The number of hydrogen-bond donors (Lipinski definition) is 2. The number of nitrogens with one attached hydrogen (secondary N) is 2. The van der Waals surface area contributed by atoms with Crippen molar-refractivity contribution in [1.82, 2.24) is 20.1 Å². The normalized spacial score (nSPS) is 13.9. The number of rotatable bonds is 6. The summed E-state index contributed by atoms with van der Waals surface area (Å²) in [7, 11) is 0. The number of ether oxygens (including phenoxy) is 1. The molecule has 1 aromatic carbocycles. The molecule has 1 aromatic heterocycles. The number of carbonyl (C=O) groups excluding carboxylic acids is 1. The molecule has 0 saturated heterocycles. The smallest absolute Gasteiger partial charge is 0.258 e. The summed E-state index contributed by atoms with van der Waals surface area (Å²) in [5.41, 5.74) is 0. The lowest BCUT2D eigenvalue weighted by atomic mass is 10.3. The summed E-state index contributed by atoms with van der Waals surface area (Å²) in [4.78, 5) is 11.8. The zero-order valence-corrected chi connectivity index (χ0v) is 14.7. The Kier molecular flexibility index (Phi) is 4.77. The van der Waals surface area contributed by atoms with Gasteiger partial charge in [0.05, 0.1) is 6.54 Å². The predicted octanol–water partition coefficient (Wildman–Crippen LogP) is 2.58. The molecule has 0 atom stereocenters. The molecule has 1 aliphatic rings. The van der Waals surface area contributed by atoms with Gasteiger partial charge in [-0.2, -0.15) is 5.10 Å². The Bertz CT molecular complexity index is 721. The van der Waals surface area contributed by atoms with Gasteiger partial charge < -0.3 is 10.1 Å². The summed E-state index contributed by atoms with van der Waals surface area (Å²) in [6.07, 6.45) is 2.23. The monoisotopic (exact) mass is 430 g/mol. The Morgan fingerprint density at radius 2 is 2.18 bits per heavy atom. The highest BCUT2D eigenvalue weighted by atomic mass is 127. The molecule has 2 N–H and O–H groups in total. The lowest BCUT2D eigenvalue weighted by Crippen LogP contribution is -2.29. The summed E-state index contributed by atoms with van der Waals surface area (Å²) >= 11 is 7.42. The molecule has 3 rings (SSSR count). The standard InChI is InChI=1S/C14H15IN4O2S/c15-9-1-5-11(6-2-9)21-8-13(20)16-7-12-17-18-14(22)19(12)10-3-4-10/h1-2,5-6,10H,3-4,7-8H2,(H,16,20)(H,18,22). The first-order valence-corrected chi connectivity index (χ1v) is 8.43. The number of benzene rings is 1. The molecule has 8 heteroatoms. The van der Waals surface area contributed by atoms with Crippen LogP contribution >= 0.6 is 34.8 Å². The molecule has 2 aromatic rings. The largest absolute Gasteiger partial charge is 0.484 e. The summed E-state index contributed by atoms with van der Waals surface area (Å²) in [6.45, 7) is 0.327. The van der Waals surface area contributed by atoms with Crippen molar-refractivity contribution in [3.8, 4) is 5.75 Å². The van der Waals surface area contributed by atoms with E-state index in [0.29, 0.717) is 23.1 Å². The molecule has 0 bridgehead atoms. The first-order valence-electron chi connectivity index (χ1n) is 6.94.